The van der Waals surface area contributed by atoms with Crippen molar-refractivity contribution in [2.45, 2.75) is 81.1 Å². The van der Waals surface area contributed by atoms with Crippen molar-refractivity contribution in [2.75, 3.05) is 7.05 Å². The lowest BCUT2D eigenvalue weighted by molar-refractivity contribution is -0.106. The molecular weight excluding hydrogens is 494 g/mol. The van der Waals surface area contributed by atoms with E-state index in [0.717, 1.165) is 48.0 Å². The lowest BCUT2D eigenvalue weighted by Crippen LogP contribution is -2.10. The van der Waals surface area contributed by atoms with E-state index in [1.54, 1.807) is 44.8 Å². The van der Waals surface area contributed by atoms with Crippen molar-refractivity contribution in [2.24, 2.45) is 9.98 Å². The third-order valence-corrected chi connectivity index (χ3v) is 5.84. The van der Waals surface area contributed by atoms with E-state index in [1.165, 1.54) is 24.6 Å². The predicted octanol–water partition coefficient (Wildman–Crippen LogP) is 9.31. The lowest BCUT2D eigenvalue weighted by Gasteiger charge is -2.09. The van der Waals surface area contributed by atoms with Gasteiger partial charge in [-0.25, -0.2) is 4.99 Å². The highest BCUT2D eigenvalue weighted by atomic mass is 32.1. The lowest BCUT2D eigenvalue weighted by atomic mass is 10.0. The molecule has 6 nitrogen and oxygen atoms in total. The summed E-state index contributed by atoms with van der Waals surface area (Å²) in [7, 11) is 1.72. The number of furan rings is 1. The maximum atomic E-state index is 8.82. The summed E-state index contributed by atoms with van der Waals surface area (Å²) in [6.07, 6.45) is 15.2. The Morgan fingerprint density at radius 3 is 2.32 bits per heavy atom. The number of carbonyl (C=O) groups is 1. The van der Waals surface area contributed by atoms with Crippen LogP contribution in [-0.4, -0.2) is 35.7 Å². The number of aldehydes is 1. The first-order valence-electron chi connectivity index (χ1n) is 12.5. The number of hydrogen-bond acceptors (Lipinski definition) is 6. The molecule has 2 aromatic heterocycles. The Hall–Kier alpha value is -3.32. The molecule has 0 fully saturated rings. The number of unbranched alkanes of at least 4 members (excludes halogenated alkanes) is 2. The summed E-state index contributed by atoms with van der Waals surface area (Å²) in [5, 5.41) is 19.0. The number of rotatable bonds is 10. The SMILES string of the molecule is C.C/C(O)=C/Cc1cccs1.C/C=C(\C=C(/C(C)=N)C(N=C(C)CCCCC)=NC)c1ccoc1.CC=O. The van der Waals surface area contributed by atoms with Crippen molar-refractivity contribution in [3.05, 3.63) is 76.1 Å². The van der Waals surface area contributed by atoms with Crippen LogP contribution in [0.15, 0.2) is 80.1 Å². The molecule has 0 spiro atoms. The second-order valence-electron chi connectivity index (χ2n) is 8.16. The van der Waals surface area contributed by atoms with Crippen LogP contribution in [0.25, 0.3) is 5.57 Å². The van der Waals surface area contributed by atoms with E-state index >= 15 is 0 Å². The molecule has 0 saturated heterocycles. The van der Waals surface area contributed by atoms with Crippen LogP contribution in [0.4, 0.5) is 0 Å². The van der Waals surface area contributed by atoms with E-state index in [-0.39, 0.29) is 7.43 Å². The molecule has 7 heteroatoms. The van der Waals surface area contributed by atoms with Gasteiger partial charge in [0.1, 0.15) is 6.29 Å². The van der Waals surface area contributed by atoms with Gasteiger partial charge in [-0.2, -0.15) is 0 Å². The molecule has 0 aliphatic heterocycles. The molecule has 210 valence electrons. The summed E-state index contributed by atoms with van der Waals surface area (Å²) in [6.45, 7) is 11.1. The van der Waals surface area contributed by atoms with Gasteiger partial charge in [0.2, 0.25) is 0 Å². The molecule has 0 radical (unpaired) electrons. The second-order valence-corrected chi connectivity index (χ2v) is 9.19. The minimum Gasteiger partial charge on any atom is -0.513 e. The molecule has 2 rings (SSSR count). The average Bonchev–Trinajstić information content (AvgIpc) is 3.58. The molecule has 0 aliphatic carbocycles. The molecule has 2 aromatic rings. The summed E-state index contributed by atoms with van der Waals surface area (Å²) in [5.41, 5.74) is 4.22. The first-order valence-corrected chi connectivity index (χ1v) is 13.4. The molecule has 2 heterocycles. The number of thiophene rings is 1. The van der Waals surface area contributed by atoms with Gasteiger partial charge in [0, 0.05) is 40.9 Å². The fourth-order valence-electron chi connectivity index (χ4n) is 3.03. The highest BCUT2D eigenvalue weighted by Gasteiger charge is 2.11. The van der Waals surface area contributed by atoms with E-state index in [4.69, 9.17) is 19.7 Å². The molecule has 2 N–H and O–H groups in total. The summed E-state index contributed by atoms with van der Waals surface area (Å²) >= 11 is 1.71. The first-order chi connectivity index (χ1) is 17.7. The second kappa shape index (κ2) is 22.8. The Kier molecular flexibility index (Phi) is 22.1. The number of nitrogens with zero attached hydrogens (tertiary/aromatic N) is 2. The van der Waals surface area contributed by atoms with Gasteiger partial charge in [0.05, 0.1) is 18.3 Å². The van der Waals surface area contributed by atoms with Crippen molar-refractivity contribution in [1.29, 1.82) is 5.41 Å². The van der Waals surface area contributed by atoms with Crippen molar-refractivity contribution < 1.29 is 14.3 Å². The van der Waals surface area contributed by atoms with Crippen LogP contribution in [-0.2, 0) is 11.2 Å². The standard InChI is InChI=1S/C20H29N3O.C8H10OS.C2H4O.CH4/c1-6-8-9-10-15(3)23-20(22-5)19(16(4)21)13-17(7-2)18-11-12-24-14-18;1-7(9)4-5-8-3-2-6-10-8;1-2-3;/h7,11-14,21H,6,8-10H2,1-5H3;2-4,6,9H,5H2,1H3;2H,1H3;1H4/b17-7+,19-13+,21-16?,22-20?,23-15?;7-4-;;. The minimum absolute atomic E-state index is 0. The van der Waals surface area contributed by atoms with Gasteiger partial charge in [-0.3, -0.25) is 4.99 Å². The van der Waals surface area contributed by atoms with Gasteiger partial charge >= 0.3 is 0 Å². The number of aliphatic imine (C=N–C) groups is 2. The van der Waals surface area contributed by atoms with Crippen LogP contribution >= 0.6 is 11.3 Å². The highest BCUT2D eigenvalue weighted by Crippen LogP contribution is 2.20. The van der Waals surface area contributed by atoms with Crippen LogP contribution in [0.1, 0.15) is 85.1 Å². The minimum atomic E-state index is 0. The van der Waals surface area contributed by atoms with Crippen LogP contribution in [0.5, 0.6) is 0 Å². The summed E-state index contributed by atoms with van der Waals surface area (Å²) in [6, 6.07) is 5.98. The van der Waals surface area contributed by atoms with Crippen LogP contribution in [0.3, 0.4) is 0 Å². The monoisotopic (exact) mass is 541 g/mol. The Balaban J connectivity index is 0. The maximum absolute atomic E-state index is 8.82. The van der Waals surface area contributed by atoms with Crippen LogP contribution in [0.2, 0.25) is 0 Å². The molecule has 0 aliphatic rings. The number of carbonyl (C=O) groups excluding carboxylic acids is 1. The Morgan fingerprint density at radius 1 is 1.18 bits per heavy atom. The average molecular weight is 542 g/mol. The molecule has 0 aromatic carbocycles. The van der Waals surface area contributed by atoms with Gasteiger partial charge in [-0.05, 0) is 82.7 Å². The van der Waals surface area contributed by atoms with E-state index < -0.39 is 0 Å². The van der Waals surface area contributed by atoms with E-state index in [9.17, 15) is 0 Å². The largest absolute Gasteiger partial charge is 0.513 e. The zero-order chi connectivity index (χ0) is 28.1. The summed E-state index contributed by atoms with van der Waals surface area (Å²) in [5.74, 6) is 1.01. The van der Waals surface area contributed by atoms with E-state index in [0.29, 0.717) is 17.3 Å². The smallest absolute Gasteiger partial charge is 0.156 e. The number of allylic oxidation sites excluding steroid dienone is 5. The van der Waals surface area contributed by atoms with Gasteiger partial charge in [0.25, 0.3) is 0 Å². The van der Waals surface area contributed by atoms with E-state index in [1.807, 2.05) is 49.6 Å². The highest BCUT2D eigenvalue weighted by molar-refractivity contribution is 7.09. The fraction of sp³-hybridized carbons (Fsp3) is 0.419. The molecule has 0 saturated carbocycles. The van der Waals surface area contributed by atoms with Crippen molar-refractivity contribution in [3.63, 3.8) is 0 Å². The Labute approximate surface area is 234 Å². The van der Waals surface area contributed by atoms with Gasteiger partial charge < -0.3 is 19.7 Å². The number of aliphatic hydroxyl groups is 1. The third-order valence-electron chi connectivity index (χ3n) is 4.94. The Bertz CT molecular complexity index is 1050. The van der Waals surface area contributed by atoms with Crippen LogP contribution in [0, 0.1) is 5.41 Å². The number of amidine groups is 1. The van der Waals surface area contributed by atoms with Crippen molar-refractivity contribution in [1.82, 2.24) is 0 Å². The predicted molar refractivity (Wildman–Crippen MR) is 167 cm³/mol. The Morgan fingerprint density at radius 2 is 1.87 bits per heavy atom. The maximum Gasteiger partial charge on any atom is 0.156 e. The number of nitrogens with one attached hydrogen (secondary N) is 1. The molecular formula is C31H47N3O3S. The summed E-state index contributed by atoms with van der Waals surface area (Å²) in [4.78, 5) is 19.1. The fourth-order valence-corrected chi connectivity index (χ4v) is 3.70. The zero-order valence-corrected chi connectivity index (χ0v) is 24.2. The third kappa shape index (κ3) is 16.4. The van der Waals surface area contributed by atoms with Crippen molar-refractivity contribution in [3.8, 4) is 0 Å². The molecule has 38 heavy (non-hydrogen) atoms. The normalized spacial score (nSPS) is 12.4. The van der Waals surface area contributed by atoms with Gasteiger partial charge in [-0.15, -0.1) is 11.3 Å². The molecule has 0 amide bonds. The van der Waals surface area contributed by atoms with E-state index in [2.05, 4.69) is 23.0 Å². The van der Waals surface area contributed by atoms with Crippen LogP contribution < -0.4 is 0 Å². The van der Waals surface area contributed by atoms with Gasteiger partial charge in [0.15, 0.2) is 5.84 Å². The summed E-state index contributed by atoms with van der Waals surface area (Å²) < 4.78 is 5.16. The topological polar surface area (TPSA) is 99.0 Å². The number of hydrogen-bond donors (Lipinski definition) is 2. The molecule has 0 unspecified atom stereocenters. The quantitative estimate of drug-likeness (QED) is 0.0782. The molecule has 0 bridgehead atoms. The first kappa shape index (κ1) is 36.8. The zero-order valence-electron chi connectivity index (χ0n) is 23.4. The number of aliphatic hydroxyl groups excluding tert-OH is 1. The van der Waals surface area contributed by atoms with Gasteiger partial charge in [-0.1, -0.05) is 39.3 Å². The molecule has 0 atom stereocenters. The van der Waals surface area contributed by atoms with Crippen molar-refractivity contribution >= 4 is 40.5 Å².